The van der Waals surface area contributed by atoms with Crippen LogP contribution in [0.25, 0.3) is 0 Å². The smallest absolute Gasteiger partial charge is 0.317 e. The number of aryl methyl sites for hydroxylation is 2. The van der Waals surface area contributed by atoms with Gasteiger partial charge in [0, 0.05) is 49.5 Å². The van der Waals surface area contributed by atoms with Crippen LogP contribution in [0.3, 0.4) is 0 Å². The van der Waals surface area contributed by atoms with E-state index in [1.54, 1.807) is 7.11 Å². The molecule has 3 heterocycles. The van der Waals surface area contributed by atoms with Crippen LogP contribution in [0.5, 0.6) is 5.75 Å². The lowest BCUT2D eigenvalue weighted by Crippen LogP contribution is -2.50. The number of nitrogens with zero attached hydrogens (tertiary/aromatic N) is 4. The van der Waals surface area contributed by atoms with E-state index in [-0.39, 0.29) is 12.1 Å². The van der Waals surface area contributed by atoms with Crippen molar-refractivity contribution in [1.29, 1.82) is 0 Å². The summed E-state index contributed by atoms with van der Waals surface area (Å²) >= 11 is 0. The maximum atomic E-state index is 12.8. The Bertz CT molecular complexity index is 873. The van der Waals surface area contributed by atoms with E-state index in [1.165, 1.54) is 11.1 Å². The number of urea groups is 1. The molecule has 1 aromatic carbocycles. The number of fused-ring (bicyclic) bond motifs is 1. The van der Waals surface area contributed by atoms with Gasteiger partial charge < -0.3 is 19.9 Å². The molecule has 1 fully saturated rings. The molecule has 7 heteroatoms. The Labute approximate surface area is 172 Å². The Morgan fingerprint density at radius 2 is 1.97 bits per heavy atom. The number of piperidine rings is 1. The zero-order chi connectivity index (χ0) is 20.4. The van der Waals surface area contributed by atoms with Gasteiger partial charge in [0.15, 0.2) is 0 Å². The third-order valence-electron chi connectivity index (χ3n) is 5.83. The molecule has 2 amide bonds. The maximum absolute atomic E-state index is 12.8. The van der Waals surface area contributed by atoms with Crippen LogP contribution in [0.15, 0.2) is 24.3 Å². The Kier molecular flexibility index (Phi) is 5.56. The summed E-state index contributed by atoms with van der Waals surface area (Å²) < 4.78 is 5.46. The summed E-state index contributed by atoms with van der Waals surface area (Å²) in [4.78, 5) is 25.9. The molecule has 0 atom stereocenters. The number of rotatable bonds is 3. The van der Waals surface area contributed by atoms with Gasteiger partial charge in [-0.2, -0.15) is 0 Å². The number of nitrogens with one attached hydrogen (secondary N) is 1. The predicted molar refractivity (Wildman–Crippen MR) is 112 cm³/mol. The first kappa shape index (κ1) is 19.5. The van der Waals surface area contributed by atoms with Crippen LogP contribution in [0.1, 0.15) is 35.5 Å². The Hall–Kier alpha value is -2.83. The number of aromatic nitrogens is 2. The van der Waals surface area contributed by atoms with Crippen molar-refractivity contribution in [1.82, 2.24) is 20.2 Å². The number of carbonyl (C=O) groups is 1. The molecule has 1 N–H and O–H groups in total. The number of methoxy groups -OCH3 is 1. The van der Waals surface area contributed by atoms with Crippen molar-refractivity contribution in [2.75, 3.05) is 31.6 Å². The molecule has 2 aliphatic heterocycles. The van der Waals surface area contributed by atoms with Crippen LogP contribution in [-0.4, -0.2) is 53.7 Å². The number of carbonyl (C=O) groups excluding carboxylic acids is 1. The van der Waals surface area contributed by atoms with Gasteiger partial charge in [-0.15, -0.1) is 0 Å². The van der Waals surface area contributed by atoms with E-state index in [2.05, 4.69) is 26.3 Å². The summed E-state index contributed by atoms with van der Waals surface area (Å²) in [5.41, 5.74) is 3.39. The van der Waals surface area contributed by atoms with E-state index in [4.69, 9.17) is 4.74 Å². The number of anilines is 1. The molecule has 7 nitrogen and oxygen atoms in total. The molecule has 2 aliphatic rings. The van der Waals surface area contributed by atoms with Gasteiger partial charge in [0.05, 0.1) is 7.11 Å². The van der Waals surface area contributed by atoms with E-state index in [0.29, 0.717) is 6.54 Å². The summed E-state index contributed by atoms with van der Waals surface area (Å²) in [6.07, 6.45) is 2.68. The third kappa shape index (κ3) is 4.28. The zero-order valence-corrected chi connectivity index (χ0v) is 17.4. The van der Waals surface area contributed by atoms with Crippen LogP contribution in [-0.2, 0) is 13.0 Å². The lowest BCUT2D eigenvalue weighted by Gasteiger charge is -2.35. The fourth-order valence-electron chi connectivity index (χ4n) is 4.32. The van der Waals surface area contributed by atoms with Crippen LogP contribution in [0, 0.1) is 13.8 Å². The maximum Gasteiger partial charge on any atom is 0.317 e. The number of hydrogen-bond acceptors (Lipinski definition) is 5. The van der Waals surface area contributed by atoms with Gasteiger partial charge in [0.2, 0.25) is 0 Å². The molecule has 4 rings (SSSR count). The van der Waals surface area contributed by atoms with Crippen molar-refractivity contribution in [2.24, 2.45) is 0 Å². The first-order valence-corrected chi connectivity index (χ1v) is 10.3. The summed E-state index contributed by atoms with van der Waals surface area (Å²) in [7, 11) is 1.70. The monoisotopic (exact) mass is 395 g/mol. The molecular formula is C22H29N5O2. The minimum absolute atomic E-state index is 0.0330. The van der Waals surface area contributed by atoms with Crippen molar-refractivity contribution in [3.63, 3.8) is 0 Å². The largest absolute Gasteiger partial charge is 0.496 e. The molecule has 0 radical (unpaired) electrons. The molecule has 0 aliphatic carbocycles. The van der Waals surface area contributed by atoms with E-state index >= 15 is 0 Å². The standard InChI is InChI=1S/C22H29N5O2/c1-15-13-21(24-16(2)23-15)26-10-7-18(8-11-26)25-22(28)27-12-9-19-17(14-27)5-4-6-20(19)29-3/h4-6,13,18H,7-12,14H2,1-3H3,(H,25,28). The van der Waals surface area contributed by atoms with Gasteiger partial charge >= 0.3 is 6.03 Å². The highest BCUT2D eigenvalue weighted by Crippen LogP contribution is 2.28. The van der Waals surface area contributed by atoms with E-state index < -0.39 is 0 Å². The number of ether oxygens (including phenoxy) is 1. The van der Waals surface area contributed by atoms with E-state index in [0.717, 1.165) is 62.0 Å². The molecule has 0 bridgehead atoms. The van der Waals surface area contributed by atoms with Crippen LogP contribution in [0.4, 0.5) is 10.6 Å². The van der Waals surface area contributed by atoms with Crippen LogP contribution < -0.4 is 15.0 Å². The molecular weight excluding hydrogens is 366 g/mol. The Morgan fingerprint density at radius 3 is 2.69 bits per heavy atom. The SMILES string of the molecule is COc1cccc2c1CCN(C(=O)NC1CCN(c3cc(C)nc(C)n3)CC1)C2. The topological polar surface area (TPSA) is 70.6 Å². The van der Waals surface area contributed by atoms with E-state index in [1.807, 2.05) is 36.9 Å². The van der Waals surface area contributed by atoms with E-state index in [9.17, 15) is 4.79 Å². The molecule has 29 heavy (non-hydrogen) atoms. The highest BCUT2D eigenvalue weighted by Gasteiger charge is 2.26. The number of hydrogen-bond donors (Lipinski definition) is 1. The zero-order valence-electron chi connectivity index (χ0n) is 17.4. The first-order chi connectivity index (χ1) is 14.0. The van der Waals surface area contributed by atoms with Gasteiger partial charge in [0.1, 0.15) is 17.4 Å². The first-order valence-electron chi connectivity index (χ1n) is 10.3. The second-order valence-corrected chi connectivity index (χ2v) is 7.90. The van der Waals surface area contributed by atoms with Gasteiger partial charge in [-0.1, -0.05) is 12.1 Å². The minimum atomic E-state index is 0.0330. The minimum Gasteiger partial charge on any atom is -0.496 e. The van der Waals surface area contributed by atoms with Gasteiger partial charge in [0.25, 0.3) is 0 Å². The van der Waals surface area contributed by atoms with Crippen molar-refractivity contribution < 1.29 is 9.53 Å². The molecule has 2 aromatic rings. The molecule has 0 unspecified atom stereocenters. The highest BCUT2D eigenvalue weighted by molar-refractivity contribution is 5.75. The predicted octanol–water partition coefficient (Wildman–Crippen LogP) is 2.84. The van der Waals surface area contributed by atoms with Crippen molar-refractivity contribution >= 4 is 11.8 Å². The van der Waals surface area contributed by atoms with Crippen molar-refractivity contribution in [3.05, 3.63) is 46.9 Å². The lowest BCUT2D eigenvalue weighted by molar-refractivity contribution is 0.185. The quantitative estimate of drug-likeness (QED) is 0.865. The van der Waals surface area contributed by atoms with Gasteiger partial charge in [-0.3, -0.25) is 0 Å². The molecule has 154 valence electrons. The van der Waals surface area contributed by atoms with Gasteiger partial charge in [-0.05, 0) is 44.7 Å². The average Bonchev–Trinajstić information content (AvgIpc) is 2.72. The fraction of sp³-hybridized carbons (Fsp3) is 0.500. The second kappa shape index (κ2) is 8.27. The number of benzene rings is 1. The normalized spacial score (nSPS) is 17.1. The lowest BCUT2D eigenvalue weighted by atomic mass is 9.99. The third-order valence-corrected chi connectivity index (χ3v) is 5.83. The molecule has 0 spiro atoms. The summed E-state index contributed by atoms with van der Waals surface area (Å²) in [5.74, 6) is 2.71. The molecule has 1 saturated heterocycles. The summed E-state index contributed by atoms with van der Waals surface area (Å²) in [6, 6.07) is 8.33. The van der Waals surface area contributed by atoms with Crippen molar-refractivity contribution in [2.45, 2.75) is 45.7 Å². The van der Waals surface area contributed by atoms with Crippen molar-refractivity contribution in [3.8, 4) is 5.75 Å². The van der Waals surface area contributed by atoms with Crippen LogP contribution >= 0.6 is 0 Å². The Balaban J connectivity index is 1.32. The molecule has 1 aromatic heterocycles. The fourth-order valence-corrected chi connectivity index (χ4v) is 4.32. The number of amides is 2. The second-order valence-electron chi connectivity index (χ2n) is 7.90. The molecule has 0 saturated carbocycles. The highest BCUT2D eigenvalue weighted by atomic mass is 16.5. The average molecular weight is 396 g/mol. The van der Waals surface area contributed by atoms with Gasteiger partial charge in [-0.25, -0.2) is 14.8 Å². The van der Waals surface area contributed by atoms with Crippen LogP contribution in [0.2, 0.25) is 0 Å². The Morgan fingerprint density at radius 1 is 1.17 bits per heavy atom. The summed E-state index contributed by atoms with van der Waals surface area (Å²) in [6.45, 7) is 7.06. The summed E-state index contributed by atoms with van der Waals surface area (Å²) in [5, 5.41) is 3.24.